The average molecular weight is 380 g/mol. The SMILES string of the molecule is CC/C(=N/NC(=O)CN1CCCCCC1=O)c1ccc(Br)cc1. The normalized spacial score (nSPS) is 16.2. The fraction of sp³-hybridized carbons (Fsp3) is 0.471. The highest BCUT2D eigenvalue weighted by Gasteiger charge is 2.19. The second-order valence-electron chi connectivity index (χ2n) is 5.58. The second kappa shape index (κ2) is 8.82. The number of hydrogen-bond acceptors (Lipinski definition) is 3. The molecule has 1 heterocycles. The molecule has 23 heavy (non-hydrogen) atoms. The van der Waals surface area contributed by atoms with E-state index in [4.69, 9.17) is 0 Å². The zero-order valence-electron chi connectivity index (χ0n) is 13.3. The summed E-state index contributed by atoms with van der Waals surface area (Å²) in [7, 11) is 0. The first-order valence-corrected chi connectivity index (χ1v) is 8.78. The van der Waals surface area contributed by atoms with Gasteiger partial charge >= 0.3 is 0 Å². The Morgan fingerprint density at radius 3 is 2.70 bits per heavy atom. The second-order valence-corrected chi connectivity index (χ2v) is 6.50. The Morgan fingerprint density at radius 1 is 1.26 bits per heavy atom. The smallest absolute Gasteiger partial charge is 0.259 e. The summed E-state index contributed by atoms with van der Waals surface area (Å²) in [5.74, 6) is -0.187. The summed E-state index contributed by atoms with van der Waals surface area (Å²) < 4.78 is 1.00. The van der Waals surface area contributed by atoms with Crippen molar-refractivity contribution in [2.24, 2.45) is 5.10 Å². The molecule has 1 aromatic rings. The van der Waals surface area contributed by atoms with E-state index < -0.39 is 0 Å². The Bertz CT molecular complexity index is 584. The summed E-state index contributed by atoms with van der Waals surface area (Å²) in [5, 5.41) is 4.22. The van der Waals surface area contributed by atoms with Crippen molar-refractivity contribution >= 4 is 33.5 Å². The van der Waals surface area contributed by atoms with E-state index in [0.29, 0.717) is 19.4 Å². The van der Waals surface area contributed by atoms with Gasteiger partial charge < -0.3 is 4.90 Å². The predicted octanol–water partition coefficient (Wildman–Crippen LogP) is 3.08. The zero-order valence-corrected chi connectivity index (χ0v) is 14.9. The summed E-state index contributed by atoms with van der Waals surface area (Å²) in [5.41, 5.74) is 4.37. The van der Waals surface area contributed by atoms with Crippen LogP contribution in [0.5, 0.6) is 0 Å². The molecule has 0 unspecified atom stereocenters. The molecule has 0 aromatic heterocycles. The molecule has 0 bridgehead atoms. The minimum atomic E-state index is -0.247. The van der Waals surface area contributed by atoms with Crippen LogP contribution in [0.4, 0.5) is 0 Å². The van der Waals surface area contributed by atoms with Crippen LogP contribution in [-0.2, 0) is 9.59 Å². The van der Waals surface area contributed by atoms with E-state index in [-0.39, 0.29) is 18.4 Å². The number of carbonyl (C=O) groups excluding carboxylic acids is 2. The maximum Gasteiger partial charge on any atom is 0.259 e. The lowest BCUT2D eigenvalue weighted by atomic mass is 10.1. The van der Waals surface area contributed by atoms with Gasteiger partial charge in [0.05, 0.1) is 5.71 Å². The lowest BCUT2D eigenvalue weighted by Gasteiger charge is -2.19. The van der Waals surface area contributed by atoms with Crippen LogP contribution < -0.4 is 5.43 Å². The number of hydrazone groups is 1. The Labute approximate surface area is 145 Å². The Balaban J connectivity index is 1.95. The summed E-state index contributed by atoms with van der Waals surface area (Å²) in [6, 6.07) is 7.80. The van der Waals surface area contributed by atoms with Gasteiger partial charge in [-0.3, -0.25) is 9.59 Å². The van der Waals surface area contributed by atoms with Crippen LogP contribution in [-0.4, -0.2) is 35.5 Å². The highest BCUT2D eigenvalue weighted by Crippen LogP contribution is 2.13. The fourth-order valence-electron chi connectivity index (χ4n) is 2.53. The standard InChI is InChI=1S/C17H22BrN3O2/c1-2-15(13-7-9-14(18)10-8-13)19-20-16(22)12-21-11-5-3-4-6-17(21)23/h7-10H,2-6,11-12H2,1H3,(H,20,22)/b19-15-. The third kappa shape index (κ3) is 5.46. The zero-order chi connectivity index (χ0) is 16.7. The van der Waals surface area contributed by atoms with E-state index in [1.807, 2.05) is 31.2 Å². The van der Waals surface area contributed by atoms with Gasteiger partial charge in [-0.1, -0.05) is 41.4 Å². The van der Waals surface area contributed by atoms with Gasteiger partial charge in [-0.15, -0.1) is 0 Å². The lowest BCUT2D eigenvalue weighted by Crippen LogP contribution is -2.39. The van der Waals surface area contributed by atoms with Crippen molar-refractivity contribution in [3.63, 3.8) is 0 Å². The van der Waals surface area contributed by atoms with E-state index in [2.05, 4.69) is 26.5 Å². The van der Waals surface area contributed by atoms with Gasteiger partial charge in [0.25, 0.3) is 5.91 Å². The third-order valence-electron chi connectivity index (χ3n) is 3.83. The molecule has 2 amide bonds. The largest absolute Gasteiger partial charge is 0.333 e. The minimum Gasteiger partial charge on any atom is -0.333 e. The molecular weight excluding hydrogens is 358 g/mol. The number of hydrogen-bond donors (Lipinski definition) is 1. The van der Waals surface area contributed by atoms with Gasteiger partial charge in [0.1, 0.15) is 6.54 Å². The molecular formula is C17H22BrN3O2. The number of carbonyl (C=O) groups is 2. The summed E-state index contributed by atoms with van der Waals surface area (Å²) in [4.78, 5) is 25.6. The van der Waals surface area contributed by atoms with Gasteiger partial charge in [0.2, 0.25) is 5.91 Å². The molecule has 2 rings (SSSR count). The lowest BCUT2D eigenvalue weighted by molar-refractivity contribution is -0.135. The summed E-state index contributed by atoms with van der Waals surface area (Å²) >= 11 is 3.40. The van der Waals surface area contributed by atoms with Gasteiger partial charge in [-0.25, -0.2) is 5.43 Å². The molecule has 1 N–H and O–H groups in total. The van der Waals surface area contributed by atoms with Gasteiger partial charge in [-0.2, -0.15) is 5.10 Å². The number of amides is 2. The Hall–Kier alpha value is -1.69. The molecule has 0 radical (unpaired) electrons. The molecule has 0 spiro atoms. The number of nitrogens with one attached hydrogen (secondary N) is 1. The van der Waals surface area contributed by atoms with Crippen LogP contribution in [0.15, 0.2) is 33.8 Å². The number of nitrogens with zero attached hydrogens (tertiary/aromatic N) is 2. The van der Waals surface area contributed by atoms with E-state index in [1.165, 1.54) is 0 Å². The molecule has 5 nitrogen and oxygen atoms in total. The summed E-state index contributed by atoms with van der Waals surface area (Å²) in [6.45, 7) is 2.73. The van der Waals surface area contributed by atoms with Crippen molar-refractivity contribution < 1.29 is 9.59 Å². The van der Waals surface area contributed by atoms with Crippen molar-refractivity contribution in [1.82, 2.24) is 10.3 Å². The monoisotopic (exact) mass is 379 g/mol. The minimum absolute atomic E-state index is 0.0604. The summed E-state index contributed by atoms with van der Waals surface area (Å²) in [6.07, 6.45) is 4.17. The first-order chi connectivity index (χ1) is 11.1. The molecule has 0 aliphatic carbocycles. The molecule has 6 heteroatoms. The highest BCUT2D eigenvalue weighted by molar-refractivity contribution is 9.10. The highest BCUT2D eigenvalue weighted by atomic mass is 79.9. The maximum absolute atomic E-state index is 12.1. The fourth-order valence-corrected chi connectivity index (χ4v) is 2.80. The van der Waals surface area contributed by atoms with Crippen molar-refractivity contribution in [2.75, 3.05) is 13.1 Å². The Kier molecular flexibility index (Phi) is 6.77. The molecule has 124 valence electrons. The number of halogens is 1. The van der Waals surface area contributed by atoms with E-state index in [0.717, 1.165) is 35.0 Å². The van der Waals surface area contributed by atoms with Crippen LogP contribution in [0.1, 0.15) is 44.6 Å². The van der Waals surface area contributed by atoms with Crippen molar-refractivity contribution in [3.8, 4) is 0 Å². The average Bonchev–Trinajstić information content (AvgIpc) is 2.74. The molecule has 0 saturated carbocycles. The van der Waals surface area contributed by atoms with E-state index in [1.54, 1.807) is 4.90 Å². The predicted molar refractivity (Wildman–Crippen MR) is 94.2 cm³/mol. The van der Waals surface area contributed by atoms with Crippen molar-refractivity contribution in [3.05, 3.63) is 34.3 Å². The molecule has 1 aliphatic rings. The number of likely N-dealkylation sites (tertiary alicyclic amines) is 1. The number of rotatable bonds is 5. The Morgan fingerprint density at radius 2 is 2.00 bits per heavy atom. The first-order valence-electron chi connectivity index (χ1n) is 7.99. The van der Waals surface area contributed by atoms with Crippen LogP contribution in [0.25, 0.3) is 0 Å². The van der Waals surface area contributed by atoms with Gasteiger partial charge in [-0.05, 0) is 37.0 Å². The number of benzene rings is 1. The van der Waals surface area contributed by atoms with Gasteiger partial charge in [0, 0.05) is 17.4 Å². The molecule has 1 aromatic carbocycles. The van der Waals surface area contributed by atoms with Crippen LogP contribution in [0.3, 0.4) is 0 Å². The molecule has 1 saturated heterocycles. The van der Waals surface area contributed by atoms with Crippen LogP contribution >= 0.6 is 15.9 Å². The maximum atomic E-state index is 12.1. The van der Waals surface area contributed by atoms with E-state index in [9.17, 15) is 9.59 Å². The quantitative estimate of drug-likeness (QED) is 0.630. The van der Waals surface area contributed by atoms with Crippen LogP contribution in [0, 0.1) is 0 Å². The first kappa shape index (κ1) is 17.7. The van der Waals surface area contributed by atoms with Crippen molar-refractivity contribution in [2.45, 2.75) is 39.0 Å². The van der Waals surface area contributed by atoms with Crippen molar-refractivity contribution in [1.29, 1.82) is 0 Å². The third-order valence-corrected chi connectivity index (χ3v) is 4.36. The molecule has 0 atom stereocenters. The van der Waals surface area contributed by atoms with Gasteiger partial charge in [0.15, 0.2) is 0 Å². The topological polar surface area (TPSA) is 61.8 Å². The molecule has 1 fully saturated rings. The molecule has 1 aliphatic heterocycles. The van der Waals surface area contributed by atoms with E-state index >= 15 is 0 Å². The van der Waals surface area contributed by atoms with Crippen LogP contribution in [0.2, 0.25) is 0 Å².